The normalized spacial score (nSPS) is 17.8. The Hall–Kier alpha value is -3.64. The molecule has 0 aliphatic carbocycles. The fourth-order valence-electron chi connectivity index (χ4n) is 5.33. The Balaban J connectivity index is 1.29. The number of likely N-dealkylation sites (N-methyl/N-ethyl adjacent to an activating group) is 1. The van der Waals surface area contributed by atoms with Crippen molar-refractivity contribution in [1.29, 1.82) is 0 Å². The maximum absolute atomic E-state index is 6.28. The highest BCUT2D eigenvalue weighted by Gasteiger charge is 2.26. The second-order valence-electron chi connectivity index (χ2n) is 9.77. The van der Waals surface area contributed by atoms with Crippen LogP contribution in [-0.4, -0.2) is 47.7 Å². The summed E-state index contributed by atoms with van der Waals surface area (Å²) in [4.78, 5) is 14.4. The van der Waals surface area contributed by atoms with E-state index in [0.717, 1.165) is 42.8 Å². The van der Waals surface area contributed by atoms with Crippen LogP contribution in [0.5, 0.6) is 11.9 Å². The van der Waals surface area contributed by atoms with Gasteiger partial charge in [0.05, 0.1) is 12.2 Å². The molecule has 0 unspecified atom stereocenters. The highest BCUT2D eigenvalue weighted by atomic mass is 16.5. The van der Waals surface area contributed by atoms with Gasteiger partial charge in [-0.2, -0.15) is 9.97 Å². The van der Waals surface area contributed by atoms with Crippen molar-refractivity contribution in [2.75, 3.05) is 31.6 Å². The van der Waals surface area contributed by atoms with E-state index >= 15 is 0 Å². The topological polar surface area (TPSA) is 50.7 Å². The maximum atomic E-state index is 6.28. The lowest BCUT2D eigenvalue weighted by Crippen LogP contribution is -2.33. The fraction of sp³-hybridized carbons (Fsp3) is 0.333. The van der Waals surface area contributed by atoms with Crippen molar-refractivity contribution < 1.29 is 9.47 Å². The minimum absolute atomic E-state index is 0.408. The van der Waals surface area contributed by atoms with Crippen molar-refractivity contribution in [2.45, 2.75) is 38.5 Å². The predicted octanol–water partition coefficient (Wildman–Crippen LogP) is 5.24. The van der Waals surface area contributed by atoms with Crippen LogP contribution in [0.2, 0.25) is 0 Å². The zero-order chi connectivity index (χ0) is 24.3. The molecule has 1 fully saturated rings. The molecule has 0 N–H and O–H groups in total. The third-order valence-corrected chi connectivity index (χ3v) is 7.41. The van der Waals surface area contributed by atoms with Crippen LogP contribution < -0.4 is 14.4 Å². The third kappa shape index (κ3) is 4.73. The van der Waals surface area contributed by atoms with E-state index in [4.69, 9.17) is 19.4 Å². The number of aromatic nitrogens is 2. The number of rotatable bonds is 7. The molecule has 4 aromatic rings. The molecule has 6 nitrogen and oxygen atoms in total. The van der Waals surface area contributed by atoms with Gasteiger partial charge in [0.15, 0.2) is 0 Å². The highest BCUT2D eigenvalue weighted by molar-refractivity contribution is 5.94. The van der Waals surface area contributed by atoms with Crippen molar-refractivity contribution in [1.82, 2.24) is 14.9 Å². The van der Waals surface area contributed by atoms with Gasteiger partial charge in [-0.25, -0.2) is 0 Å². The average Bonchev–Trinajstić information content (AvgIpc) is 3.35. The first-order valence-corrected chi connectivity index (χ1v) is 12.9. The quantitative estimate of drug-likeness (QED) is 0.360. The van der Waals surface area contributed by atoms with Gasteiger partial charge in [0.25, 0.3) is 0 Å². The van der Waals surface area contributed by atoms with Gasteiger partial charge in [-0.05, 0) is 49.9 Å². The number of hydrogen-bond acceptors (Lipinski definition) is 6. The van der Waals surface area contributed by atoms with Crippen molar-refractivity contribution in [2.24, 2.45) is 0 Å². The summed E-state index contributed by atoms with van der Waals surface area (Å²) in [6.45, 7) is 3.78. The second-order valence-corrected chi connectivity index (χ2v) is 9.77. The molecule has 6 rings (SSSR count). The van der Waals surface area contributed by atoms with E-state index in [1.54, 1.807) is 0 Å². The Morgan fingerprint density at radius 1 is 0.889 bits per heavy atom. The zero-order valence-corrected chi connectivity index (χ0v) is 20.8. The summed E-state index contributed by atoms with van der Waals surface area (Å²) in [6.07, 6.45) is 3.18. The summed E-state index contributed by atoms with van der Waals surface area (Å²) in [5.74, 6) is 0.649. The van der Waals surface area contributed by atoms with Gasteiger partial charge in [0.1, 0.15) is 13.2 Å². The van der Waals surface area contributed by atoms with E-state index in [9.17, 15) is 0 Å². The molecule has 2 aliphatic heterocycles. The van der Waals surface area contributed by atoms with Gasteiger partial charge in [-0.3, -0.25) is 0 Å². The van der Waals surface area contributed by atoms with Crippen molar-refractivity contribution >= 4 is 16.5 Å². The van der Waals surface area contributed by atoms with Gasteiger partial charge in [-0.15, -0.1) is 0 Å². The largest absolute Gasteiger partial charge is 0.472 e. The summed E-state index contributed by atoms with van der Waals surface area (Å²) < 4.78 is 12.4. The molecular weight excluding hydrogens is 448 g/mol. The summed E-state index contributed by atoms with van der Waals surface area (Å²) in [6, 6.07) is 26.1. The second kappa shape index (κ2) is 10.2. The molecule has 36 heavy (non-hydrogen) atoms. The van der Waals surface area contributed by atoms with Crippen LogP contribution in [0.4, 0.5) is 5.69 Å². The number of hydrogen-bond donors (Lipinski definition) is 0. The highest BCUT2D eigenvalue weighted by Crippen LogP contribution is 2.34. The monoisotopic (exact) mass is 480 g/mol. The summed E-state index contributed by atoms with van der Waals surface area (Å²) >= 11 is 0. The van der Waals surface area contributed by atoms with Crippen molar-refractivity contribution in [3.8, 4) is 11.9 Å². The molecule has 3 heterocycles. The number of fused-ring (bicyclic) bond motifs is 2. The molecule has 0 radical (unpaired) electrons. The first-order chi connectivity index (χ1) is 17.7. The minimum atomic E-state index is 0.408. The van der Waals surface area contributed by atoms with Gasteiger partial charge in [-0.1, -0.05) is 66.7 Å². The van der Waals surface area contributed by atoms with Crippen LogP contribution >= 0.6 is 0 Å². The fourth-order valence-corrected chi connectivity index (χ4v) is 5.33. The molecule has 6 heteroatoms. The van der Waals surface area contributed by atoms with Crippen LogP contribution in [0, 0.1) is 0 Å². The lowest BCUT2D eigenvalue weighted by molar-refractivity contribution is 0.184. The van der Waals surface area contributed by atoms with Crippen molar-refractivity contribution in [3.05, 3.63) is 89.6 Å². The van der Waals surface area contributed by atoms with Crippen LogP contribution in [0.3, 0.4) is 0 Å². The lowest BCUT2D eigenvalue weighted by atomic mass is 10.0. The lowest BCUT2D eigenvalue weighted by Gasteiger charge is -2.31. The van der Waals surface area contributed by atoms with Crippen LogP contribution in [0.25, 0.3) is 10.8 Å². The van der Waals surface area contributed by atoms with Crippen LogP contribution in [-0.2, 0) is 19.6 Å². The molecule has 3 aromatic carbocycles. The first kappa shape index (κ1) is 22.8. The van der Waals surface area contributed by atoms with Gasteiger partial charge in [0.2, 0.25) is 5.88 Å². The predicted molar refractivity (Wildman–Crippen MR) is 143 cm³/mol. The minimum Gasteiger partial charge on any atom is -0.472 e. The zero-order valence-electron chi connectivity index (χ0n) is 20.8. The molecule has 0 bridgehead atoms. The van der Waals surface area contributed by atoms with E-state index in [1.165, 1.54) is 22.9 Å². The summed E-state index contributed by atoms with van der Waals surface area (Å²) in [7, 11) is 2.16. The maximum Gasteiger partial charge on any atom is 0.320 e. The molecule has 0 saturated carbocycles. The Labute approximate surface area is 212 Å². The molecule has 2 aliphatic rings. The Bertz CT molecular complexity index is 1340. The molecule has 0 amide bonds. The molecule has 184 valence electrons. The molecule has 1 aromatic heterocycles. The summed E-state index contributed by atoms with van der Waals surface area (Å²) in [5.41, 5.74) is 4.43. The number of ether oxygens (including phenoxy) is 2. The SMILES string of the molecule is CN1CCC[C@H]1COc1nc2c(c(OCc3ccccc3)n1)CCN(c1cccc3ccccc13)C2. The molecule has 0 spiro atoms. The van der Waals surface area contributed by atoms with E-state index in [-0.39, 0.29) is 0 Å². The first-order valence-electron chi connectivity index (χ1n) is 12.9. The smallest absolute Gasteiger partial charge is 0.320 e. The van der Waals surface area contributed by atoms with E-state index in [0.29, 0.717) is 37.7 Å². The van der Waals surface area contributed by atoms with Gasteiger partial charge >= 0.3 is 6.01 Å². The van der Waals surface area contributed by atoms with E-state index < -0.39 is 0 Å². The van der Waals surface area contributed by atoms with E-state index in [2.05, 4.69) is 71.4 Å². The number of benzene rings is 3. The molecular formula is C30H32N4O2. The van der Waals surface area contributed by atoms with Crippen LogP contribution in [0.1, 0.15) is 29.7 Å². The van der Waals surface area contributed by atoms with Crippen LogP contribution in [0.15, 0.2) is 72.8 Å². The average molecular weight is 481 g/mol. The number of anilines is 1. The Kier molecular flexibility index (Phi) is 6.43. The molecule has 1 atom stereocenters. The molecule has 1 saturated heterocycles. The third-order valence-electron chi connectivity index (χ3n) is 7.41. The standard InChI is InChI=1S/C30H32N4O2/c1-33-17-8-13-24(33)21-36-30-31-27-19-34(28-15-7-12-23-11-5-6-14-25(23)28)18-16-26(27)29(32-30)35-20-22-9-3-2-4-10-22/h2-7,9-12,14-15,24H,8,13,16-21H2,1H3/t24-/m0/s1. The Morgan fingerprint density at radius 3 is 2.58 bits per heavy atom. The van der Waals surface area contributed by atoms with E-state index in [1.807, 2.05) is 18.2 Å². The Morgan fingerprint density at radius 2 is 1.72 bits per heavy atom. The number of nitrogens with zero attached hydrogens (tertiary/aromatic N) is 4. The van der Waals surface area contributed by atoms with Gasteiger partial charge in [0, 0.05) is 29.2 Å². The van der Waals surface area contributed by atoms with Crippen molar-refractivity contribution in [3.63, 3.8) is 0 Å². The van der Waals surface area contributed by atoms with Gasteiger partial charge < -0.3 is 19.3 Å². The number of likely N-dealkylation sites (tertiary alicyclic amines) is 1. The summed E-state index contributed by atoms with van der Waals surface area (Å²) in [5, 5.41) is 2.51.